The van der Waals surface area contributed by atoms with E-state index in [4.69, 9.17) is 10.5 Å². The van der Waals surface area contributed by atoms with Crippen LogP contribution in [0.5, 0.6) is 0 Å². The molecule has 0 amide bonds. The van der Waals surface area contributed by atoms with Crippen molar-refractivity contribution in [3.8, 4) is 0 Å². The average Bonchev–Trinajstić information content (AvgIpc) is 2.24. The molecule has 1 heterocycles. The molecule has 0 saturated heterocycles. The SMILES string of the molecule is C[C@H]1OC[C@](C)(c2cccc(Br)c2)N=C1N. The zero-order valence-electron chi connectivity index (χ0n) is 9.40. The van der Waals surface area contributed by atoms with Gasteiger partial charge in [0.05, 0.1) is 6.61 Å². The van der Waals surface area contributed by atoms with Gasteiger partial charge in [0.25, 0.3) is 0 Å². The highest BCUT2D eigenvalue weighted by atomic mass is 79.9. The summed E-state index contributed by atoms with van der Waals surface area (Å²) in [4.78, 5) is 4.56. The Kier molecular flexibility index (Phi) is 3.04. The monoisotopic (exact) mass is 282 g/mol. The van der Waals surface area contributed by atoms with E-state index in [1.807, 2.05) is 32.0 Å². The average molecular weight is 283 g/mol. The fourth-order valence-electron chi connectivity index (χ4n) is 1.75. The fourth-order valence-corrected chi connectivity index (χ4v) is 2.15. The highest BCUT2D eigenvalue weighted by Crippen LogP contribution is 2.30. The van der Waals surface area contributed by atoms with Gasteiger partial charge >= 0.3 is 0 Å². The summed E-state index contributed by atoms with van der Waals surface area (Å²) in [6, 6.07) is 8.08. The molecule has 2 atom stereocenters. The second kappa shape index (κ2) is 4.18. The first kappa shape index (κ1) is 11.6. The molecule has 1 aromatic rings. The molecule has 0 radical (unpaired) electrons. The summed E-state index contributed by atoms with van der Waals surface area (Å²) in [7, 11) is 0. The van der Waals surface area contributed by atoms with Gasteiger partial charge in [-0.05, 0) is 31.5 Å². The third-order valence-electron chi connectivity index (χ3n) is 2.85. The number of benzene rings is 1. The number of hydrogen-bond acceptors (Lipinski definition) is 3. The van der Waals surface area contributed by atoms with Crippen LogP contribution in [0.2, 0.25) is 0 Å². The molecule has 0 aromatic heterocycles. The van der Waals surface area contributed by atoms with Crippen molar-refractivity contribution in [3.63, 3.8) is 0 Å². The molecular weight excluding hydrogens is 268 g/mol. The zero-order valence-corrected chi connectivity index (χ0v) is 11.0. The number of halogens is 1. The van der Waals surface area contributed by atoms with Gasteiger partial charge in [-0.1, -0.05) is 28.1 Å². The second-order valence-electron chi connectivity index (χ2n) is 4.27. The van der Waals surface area contributed by atoms with Crippen LogP contribution in [0.4, 0.5) is 0 Å². The highest BCUT2D eigenvalue weighted by Gasteiger charge is 2.32. The van der Waals surface area contributed by atoms with Crippen molar-refractivity contribution in [1.29, 1.82) is 0 Å². The number of aliphatic imine (C=N–C) groups is 1. The van der Waals surface area contributed by atoms with Crippen molar-refractivity contribution in [2.24, 2.45) is 10.7 Å². The first-order valence-corrected chi connectivity index (χ1v) is 6.03. The Bertz CT molecular complexity index is 433. The number of hydrogen-bond donors (Lipinski definition) is 1. The maximum absolute atomic E-state index is 5.84. The van der Waals surface area contributed by atoms with Gasteiger partial charge in [-0.25, -0.2) is 0 Å². The van der Waals surface area contributed by atoms with Crippen LogP contribution in [0.15, 0.2) is 33.7 Å². The molecular formula is C12H15BrN2O. The van der Waals surface area contributed by atoms with Crippen molar-refractivity contribution in [2.45, 2.75) is 25.5 Å². The van der Waals surface area contributed by atoms with Crippen LogP contribution in [0.3, 0.4) is 0 Å². The lowest BCUT2D eigenvalue weighted by molar-refractivity contribution is 0.0548. The Morgan fingerprint density at radius 3 is 2.94 bits per heavy atom. The van der Waals surface area contributed by atoms with Crippen LogP contribution < -0.4 is 5.73 Å². The van der Waals surface area contributed by atoms with Crippen molar-refractivity contribution in [2.75, 3.05) is 6.61 Å². The molecule has 0 unspecified atom stereocenters. The van der Waals surface area contributed by atoms with E-state index in [-0.39, 0.29) is 11.6 Å². The zero-order chi connectivity index (χ0) is 11.8. The van der Waals surface area contributed by atoms with E-state index in [1.165, 1.54) is 0 Å². The topological polar surface area (TPSA) is 47.6 Å². The molecule has 86 valence electrons. The quantitative estimate of drug-likeness (QED) is 0.860. The smallest absolute Gasteiger partial charge is 0.124 e. The summed E-state index contributed by atoms with van der Waals surface area (Å²) in [5, 5.41) is 0. The van der Waals surface area contributed by atoms with Crippen molar-refractivity contribution < 1.29 is 4.74 Å². The van der Waals surface area contributed by atoms with Gasteiger partial charge in [0.1, 0.15) is 17.5 Å². The summed E-state index contributed by atoms with van der Waals surface area (Å²) in [6.45, 7) is 4.51. The molecule has 0 saturated carbocycles. The van der Waals surface area contributed by atoms with Gasteiger partial charge < -0.3 is 10.5 Å². The molecule has 1 aromatic carbocycles. The van der Waals surface area contributed by atoms with Gasteiger partial charge in [0.2, 0.25) is 0 Å². The van der Waals surface area contributed by atoms with Crippen molar-refractivity contribution >= 4 is 21.8 Å². The van der Waals surface area contributed by atoms with E-state index in [2.05, 4.69) is 27.0 Å². The fraction of sp³-hybridized carbons (Fsp3) is 0.417. The molecule has 0 aliphatic carbocycles. The van der Waals surface area contributed by atoms with Crippen molar-refractivity contribution in [3.05, 3.63) is 34.3 Å². The third-order valence-corrected chi connectivity index (χ3v) is 3.35. The van der Waals surface area contributed by atoms with Crippen LogP contribution in [-0.4, -0.2) is 18.5 Å². The molecule has 0 bridgehead atoms. The molecule has 2 N–H and O–H groups in total. The minimum Gasteiger partial charge on any atom is -0.385 e. The first-order valence-electron chi connectivity index (χ1n) is 5.24. The molecule has 0 spiro atoms. The summed E-state index contributed by atoms with van der Waals surface area (Å²) < 4.78 is 6.67. The van der Waals surface area contributed by atoms with E-state index >= 15 is 0 Å². The Labute approximate surface area is 104 Å². The largest absolute Gasteiger partial charge is 0.385 e. The molecule has 16 heavy (non-hydrogen) atoms. The van der Waals surface area contributed by atoms with E-state index < -0.39 is 0 Å². The van der Waals surface area contributed by atoms with E-state index in [1.54, 1.807) is 0 Å². The number of nitrogens with zero attached hydrogens (tertiary/aromatic N) is 1. The Hall–Kier alpha value is -0.870. The summed E-state index contributed by atoms with van der Waals surface area (Å²) in [5.41, 5.74) is 6.58. The van der Waals surface area contributed by atoms with Crippen LogP contribution in [0.25, 0.3) is 0 Å². The number of ether oxygens (including phenoxy) is 1. The number of amidine groups is 1. The third kappa shape index (κ3) is 2.13. The normalized spacial score (nSPS) is 29.9. The summed E-state index contributed by atoms with van der Waals surface area (Å²) in [5.74, 6) is 0.564. The minimum atomic E-state index is -0.375. The van der Waals surface area contributed by atoms with E-state index in [0.29, 0.717) is 12.4 Å². The Morgan fingerprint density at radius 1 is 1.56 bits per heavy atom. The van der Waals surface area contributed by atoms with Gasteiger partial charge in [0, 0.05) is 4.47 Å². The summed E-state index contributed by atoms with van der Waals surface area (Å²) in [6.07, 6.45) is -0.0831. The maximum atomic E-state index is 5.84. The number of nitrogens with two attached hydrogens (primary N) is 1. The molecule has 1 aliphatic rings. The highest BCUT2D eigenvalue weighted by molar-refractivity contribution is 9.10. The van der Waals surface area contributed by atoms with Crippen LogP contribution >= 0.6 is 15.9 Å². The van der Waals surface area contributed by atoms with Gasteiger partial charge in [-0.2, -0.15) is 0 Å². The van der Waals surface area contributed by atoms with Crippen molar-refractivity contribution in [1.82, 2.24) is 0 Å². The van der Waals surface area contributed by atoms with Gasteiger partial charge in [0.15, 0.2) is 0 Å². The van der Waals surface area contributed by atoms with Crippen LogP contribution in [-0.2, 0) is 10.3 Å². The lowest BCUT2D eigenvalue weighted by atomic mass is 9.92. The van der Waals surface area contributed by atoms with Gasteiger partial charge in [-0.15, -0.1) is 0 Å². The Morgan fingerprint density at radius 2 is 2.31 bits per heavy atom. The van der Waals surface area contributed by atoms with Crippen LogP contribution in [0, 0.1) is 0 Å². The minimum absolute atomic E-state index is 0.0831. The molecule has 1 aliphatic heterocycles. The van der Waals surface area contributed by atoms with Crippen LogP contribution in [0.1, 0.15) is 19.4 Å². The lowest BCUT2D eigenvalue weighted by Crippen LogP contribution is -2.42. The van der Waals surface area contributed by atoms with E-state index in [0.717, 1.165) is 10.0 Å². The summed E-state index contributed by atoms with van der Waals surface area (Å²) >= 11 is 3.46. The maximum Gasteiger partial charge on any atom is 0.124 e. The number of rotatable bonds is 1. The molecule has 0 fully saturated rings. The predicted octanol–water partition coefficient (Wildman–Crippen LogP) is 2.44. The second-order valence-corrected chi connectivity index (χ2v) is 5.19. The molecule has 4 heteroatoms. The molecule has 2 rings (SSSR count). The lowest BCUT2D eigenvalue weighted by Gasteiger charge is -2.33. The van der Waals surface area contributed by atoms with E-state index in [9.17, 15) is 0 Å². The predicted molar refractivity (Wildman–Crippen MR) is 68.5 cm³/mol. The Balaban J connectivity index is 2.40. The molecule has 3 nitrogen and oxygen atoms in total. The standard InChI is InChI=1S/C12H15BrN2O/c1-8-11(14)15-12(2,7-16-8)9-4-3-5-10(13)6-9/h3-6,8H,7H2,1-2H3,(H2,14,15)/t8-,12-/m1/s1. The van der Waals surface area contributed by atoms with Gasteiger partial charge in [-0.3, -0.25) is 4.99 Å². The first-order chi connectivity index (χ1) is 7.51.